The van der Waals surface area contributed by atoms with Crippen molar-refractivity contribution in [1.82, 2.24) is 10.6 Å². The van der Waals surface area contributed by atoms with E-state index in [1.807, 2.05) is 6.07 Å². The minimum Gasteiger partial charge on any atom is -0.354 e. The van der Waals surface area contributed by atoms with Crippen molar-refractivity contribution in [1.29, 1.82) is 0 Å². The highest BCUT2D eigenvalue weighted by Gasteiger charge is 2.29. The summed E-state index contributed by atoms with van der Waals surface area (Å²) in [6.07, 6.45) is 2.43. The van der Waals surface area contributed by atoms with E-state index < -0.39 is 5.25 Å². The number of nitrogens with one attached hydrogen (secondary N) is 3. The summed E-state index contributed by atoms with van der Waals surface area (Å²) < 4.78 is 0. The van der Waals surface area contributed by atoms with E-state index in [2.05, 4.69) is 16.0 Å². The molecule has 1 aromatic carbocycles. The maximum absolute atomic E-state index is 12.1. The number of amides is 2. The molecule has 0 spiro atoms. The van der Waals surface area contributed by atoms with E-state index in [-0.39, 0.29) is 18.2 Å². The van der Waals surface area contributed by atoms with E-state index >= 15 is 0 Å². The van der Waals surface area contributed by atoms with Gasteiger partial charge in [0, 0.05) is 28.9 Å². The Morgan fingerprint density at radius 1 is 1.45 bits per heavy atom. The van der Waals surface area contributed by atoms with Crippen LogP contribution in [0.2, 0.25) is 5.02 Å². The lowest BCUT2D eigenvalue weighted by Gasteiger charge is -2.24. The summed E-state index contributed by atoms with van der Waals surface area (Å²) in [7, 11) is 0. The van der Waals surface area contributed by atoms with Gasteiger partial charge in [-0.2, -0.15) is 0 Å². The molecule has 5 nitrogen and oxygen atoms in total. The minimum atomic E-state index is -0.398. The predicted octanol–water partition coefficient (Wildman–Crippen LogP) is 2.01. The maximum Gasteiger partial charge on any atom is 0.238 e. The molecular formula is C15H18ClN3O2S. The van der Waals surface area contributed by atoms with Crippen LogP contribution in [0.25, 0.3) is 0 Å². The zero-order valence-electron chi connectivity index (χ0n) is 12.0. The van der Waals surface area contributed by atoms with Crippen LogP contribution in [0.15, 0.2) is 23.1 Å². The molecule has 0 bridgehead atoms. The first kappa shape index (κ1) is 15.6. The average Bonchev–Trinajstić information content (AvgIpc) is 2.99. The van der Waals surface area contributed by atoms with Crippen molar-refractivity contribution in [2.24, 2.45) is 0 Å². The number of rotatable bonds is 4. The minimum absolute atomic E-state index is 0.0845. The average molecular weight is 340 g/mol. The molecule has 118 valence electrons. The second-order valence-corrected chi connectivity index (χ2v) is 7.22. The Morgan fingerprint density at radius 3 is 3.09 bits per heavy atom. The molecule has 0 saturated carbocycles. The van der Waals surface area contributed by atoms with Crippen LogP contribution in [-0.4, -0.2) is 36.2 Å². The predicted molar refractivity (Wildman–Crippen MR) is 88.4 cm³/mol. The third-order valence-corrected chi connectivity index (χ3v) is 5.35. The number of hydrogen-bond acceptors (Lipinski definition) is 4. The molecule has 3 N–H and O–H groups in total. The molecule has 1 saturated heterocycles. The maximum atomic E-state index is 12.1. The van der Waals surface area contributed by atoms with Gasteiger partial charge < -0.3 is 16.0 Å². The van der Waals surface area contributed by atoms with Crippen molar-refractivity contribution in [3.05, 3.63) is 23.2 Å². The first-order valence-electron chi connectivity index (χ1n) is 7.39. The van der Waals surface area contributed by atoms with Crippen LogP contribution < -0.4 is 16.0 Å². The molecule has 0 aliphatic carbocycles. The zero-order valence-corrected chi connectivity index (χ0v) is 13.6. The molecule has 0 aromatic heterocycles. The van der Waals surface area contributed by atoms with Gasteiger partial charge in [-0.15, -0.1) is 11.8 Å². The molecule has 2 unspecified atom stereocenters. The molecular weight excluding hydrogens is 322 g/mol. The van der Waals surface area contributed by atoms with Crippen LogP contribution in [0.4, 0.5) is 5.69 Å². The van der Waals surface area contributed by atoms with E-state index in [4.69, 9.17) is 11.6 Å². The molecule has 1 aromatic rings. The number of fused-ring (bicyclic) bond motifs is 1. The molecule has 2 amide bonds. The third-order valence-electron chi connectivity index (χ3n) is 3.84. The Balaban J connectivity index is 1.55. The lowest BCUT2D eigenvalue weighted by Crippen LogP contribution is -2.40. The van der Waals surface area contributed by atoms with Gasteiger partial charge in [-0.1, -0.05) is 11.6 Å². The fourth-order valence-corrected chi connectivity index (χ4v) is 3.93. The van der Waals surface area contributed by atoms with Gasteiger partial charge in [-0.3, -0.25) is 9.59 Å². The summed E-state index contributed by atoms with van der Waals surface area (Å²) in [5.74, 6) is -0.229. The Bertz CT molecular complexity index is 590. The largest absolute Gasteiger partial charge is 0.354 e. The van der Waals surface area contributed by atoms with Crippen LogP contribution in [0.1, 0.15) is 19.3 Å². The number of anilines is 1. The summed E-state index contributed by atoms with van der Waals surface area (Å²) >= 11 is 7.33. The van der Waals surface area contributed by atoms with Gasteiger partial charge >= 0.3 is 0 Å². The molecule has 2 heterocycles. The molecule has 0 radical (unpaired) electrons. The fraction of sp³-hybridized carbons (Fsp3) is 0.467. The van der Waals surface area contributed by atoms with Crippen molar-refractivity contribution in [3.8, 4) is 0 Å². The van der Waals surface area contributed by atoms with Crippen LogP contribution in [0.5, 0.6) is 0 Å². The summed E-state index contributed by atoms with van der Waals surface area (Å²) in [5.41, 5.74) is 0.717. The third kappa shape index (κ3) is 3.74. The monoisotopic (exact) mass is 339 g/mol. The van der Waals surface area contributed by atoms with E-state index in [9.17, 15) is 9.59 Å². The first-order chi connectivity index (χ1) is 10.6. The van der Waals surface area contributed by atoms with Gasteiger partial charge in [0.15, 0.2) is 0 Å². The molecule has 2 aliphatic rings. The summed E-state index contributed by atoms with van der Waals surface area (Å²) in [5, 5.41) is 9.24. The van der Waals surface area contributed by atoms with E-state index in [0.29, 0.717) is 23.3 Å². The highest BCUT2D eigenvalue weighted by atomic mass is 35.5. The molecule has 7 heteroatoms. The van der Waals surface area contributed by atoms with Crippen molar-refractivity contribution < 1.29 is 9.59 Å². The van der Waals surface area contributed by atoms with Crippen molar-refractivity contribution in [2.45, 2.75) is 35.4 Å². The second-order valence-electron chi connectivity index (χ2n) is 5.54. The Hall–Kier alpha value is -1.24. The molecule has 2 atom stereocenters. The van der Waals surface area contributed by atoms with Crippen molar-refractivity contribution >= 4 is 40.9 Å². The van der Waals surface area contributed by atoms with Gasteiger partial charge in [-0.25, -0.2) is 0 Å². The standard InChI is InChI=1S/C15H18ClN3O2S/c16-9-3-4-12-11(6-9)19-15(21)13(22-12)7-14(20)18-8-10-2-1-5-17-10/h3-4,6,10,13,17H,1-2,5,7-8H2,(H,18,20)(H,19,21). The number of thioether (sulfide) groups is 1. The lowest BCUT2D eigenvalue weighted by atomic mass is 10.2. The van der Waals surface area contributed by atoms with Crippen LogP contribution in [0, 0.1) is 0 Å². The van der Waals surface area contributed by atoms with Crippen molar-refractivity contribution in [3.63, 3.8) is 0 Å². The van der Waals surface area contributed by atoms with Gasteiger partial charge in [0.2, 0.25) is 11.8 Å². The Kier molecular flexibility index (Phi) is 4.90. The zero-order chi connectivity index (χ0) is 15.5. The quantitative estimate of drug-likeness (QED) is 0.785. The van der Waals surface area contributed by atoms with Crippen LogP contribution in [-0.2, 0) is 9.59 Å². The number of hydrogen-bond donors (Lipinski definition) is 3. The highest BCUT2D eigenvalue weighted by molar-refractivity contribution is 8.01. The summed E-state index contributed by atoms with van der Waals surface area (Å²) in [4.78, 5) is 25.1. The van der Waals surface area contributed by atoms with E-state index in [0.717, 1.165) is 24.3 Å². The smallest absolute Gasteiger partial charge is 0.238 e. The number of benzene rings is 1. The van der Waals surface area contributed by atoms with Gasteiger partial charge in [0.1, 0.15) is 0 Å². The van der Waals surface area contributed by atoms with Crippen molar-refractivity contribution in [2.75, 3.05) is 18.4 Å². The van der Waals surface area contributed by atoms with E-state index in [1.165, 1.54) is 11.8 Å². The van der Waals surface area contributed by atoms with Crippen LogP contribution in [0.3, 0.4) is 0 Å². The number of carbonyl (C=O) groups is 2. The fourth-order valence-electron chi connectivity index (χ4n) is 2.67. The molecule has 2 aliphatic heterocycles. The van der Waals surface area contributed by atoms with Gasteiger partial charge in [0.25, 0.3) is 0 Å². The first-order valence-corrected chi connectivity index (χ1v) is 8.65. The van der Waals surface area contributed by atoms with Crippen LogP contribution >= 0.6 is 23.4 Å². The van der Waals surface area contributed by atoms with E-state index in [1.54, 1.807) is 12.1 Å². The summed E-state index contributed by atoms with van der Waals surface area (Å²) in [6, 6.07) is 5.74. The Labute approximate surface area is 138 Å². The van der Waals surface area contributed by atoms with Gasteiger partial charge in [-0.05, 0) is 37.6 Å². The topological polar surface area (TPSA) is 70.2 Å². The second kappa shape index (κ2) is 6.89. The molecule has 1 fully saturated rings. The highest BCUT2D eigenvalue weighted by Crippen LogP contribution is 2.38. The Morgan fingerprint density at radius 2 is 2.32 bits per heavy atom. The summed E-state index contributed by atoms with van der Waals surface area (Å²) in [6.45, 7) is 1.64. The lowest BCUT2D eigenvalue weighted by molar-refractivity contribution is -0.124. The normalized spacial score (nSPS) is 23.8. The SMILES string of the molecule is O=C(CC1Sc2ccc(Cl)cc2NC1=O)NCC1CCCN1. The number of halogens is 1. The molecule has 3 rings (SSSR count). The van der Waals surface area contributed by atoms with Gasteiger partial charge in [0.05, 0.1) is 10.9 Å². The molecule has 22 heavy (non-hydrogen) atoms. The number of carbonyl (C=O) groups excluding carboxylic acids is 2.